The summed E-state index contributed by atoms with van der Waals surface area (Å²) in [5.41, 5.74) is 3.55. The fraction of sp³-hybridized carbons (Fsp3) is 0.478. The van der Waals surface area contributed by atoms with E-state index in [4.69, 9.17) is 0 Å². The van der Waals surface area contributed by atoms with Gasteiger partial charge in [-0.25, -0.2) is 0 Å². The lowest BCUT2D eigenvalue weighted by molar-refractivity contribution is -0.134. The van der Waals surface area contributed by atoms with E-state index in [1.165, 1.54) is 11.1 Å². The van der Waals surface area contributed by atoms with Crippen molar-refractivity contribution in [2.45, 2.75) is 58.0 Å². The van der Waals surface area contributed by atoms with E-state index in [0.717, 1.165) is 50.9 Å². The van der Waals surface area contributed by atoms with Crippen LogP contribution in [0.25, 0.3) is 0 Å². The van der Waals surface area contributed by atoms with Crippen LogP contribution in [0.15, 0.2) is 48.7 Å². The first-order chi connectivity index (χ1) is 13.3. The minimum absolute atomic E-state index is 0. The van der Waals surface area contributed by atoms with Crippen molar-refractivity contribution in [3.05, 3.63) is 65.5 Å². The molecule has 2 heterocycles. The van der Waals surface area contributed by atoms with Crippen LogP contribution in [0.4, 0.5) is 0 Å². The van der Waals surface area contributed by atoms with Crippen molar-refractivity contribution in [1.29, 1.82) is 0 Å². The van der Waals surface area contributed by atoms with E-state index >= 15 is 0 Å². The number of aromatic nitrogens is 1. The monoisotopic (exact) mass is 401 g/mol. The van der Waals surface area contributed by atoms with Crippen molar-refractivity contribution >= 4 is 18.3 Å². The maximum Gasteiger partial charge on any atom is 0.223 e. The number of benzene rings is 1. The fourth-order valence-electron chi connectivity index (χ4n) is 3.74. The van der Waals surface area contributed by atoms with E-state index in [1.54, 1.807) is 0 Å². The maximum absolute atomic E-state index is 13.1. The molecule has 1 aliphatic rings. The molecule has 4 nitrogen and oxygen atoms in total. The van der Waals surface area contributed by atoms with E-state index in [9.17, 15) is 4.79 Å². The molecule has 1 saturated heterocycles. The Labute approximate surface area is 175 Å². The smallest absolute Gasteiger partial charge is 0.223 e. The molecule has 1 aromatic heterocycles. The number of pyridine rings is 1. The minimum Gasteiger partial charge on any atom is -0.334 e. The normalized spacial score (nSPS) is 16.7. The number of carbonyl (C=O) groups is 1. The zero-order chi connectivity index (χ0) is 18.9. The molecule has 0 spiro atoms. The van der Waals surface area contributed by atoms with Crippen molar-refractivity contribution in [3.8, 4) is 0 Å². The Morgan fingerprint density at radius 3 is 2.61 bits per heavy atom. The standard InChI is InChI=1S/C23H31N3O.ClH/c1-2-19-8-10-20(11-9-19)12-13-23(27)26(18-21-6-3-4-16-25-21)22-7-5-15-24-17-14-22;/h3-4,6,8-11,16,22,24H,2,5,7,12-15,17-18H2,1H3;1H. The van der Waals surface area contributed by atoms with Crippen molar-refractivity contribution in [1.82, 2.24) is 15.2 Å². The summed E-state index contributed by atoms with van der Waals surface area (Å²) in [4.78, 5) is 19.7. The average molecular weight is 402 g/mol. The second-order valence-electron chi connectivity index (χ2n) is 7.35. The number of hydrogen-bond acceptors (Lipinski definition) is 3. The van der Waals surface area contributed by atoms with Gasteiger partial charge in [-0.2, -0.15) is 0 Å². The summed E-state index contributed by atoms with van der Waals surface area (Å²) >= 11 is 0. The van der Waals surface area contributed by atoms with Crippen LogP contribution in [0.3, 0.4) is 0 Å². The molecule has 2 aromatic rings. The minimum atomic E-state index is 0. The molecule has 1 amide bonds. The van der Waals surface area contributed by atoms with E-state index in [0.29, 0.717) is 19.0 Å². The van der Waals surface area contributed by atoms with Gasteiger partial charge in [-0.15, -0.1) is 12.4 Å². The largest absolute Gasteiger partial charge is 0.334 e. The maximum atomic E-state index is 13.1. The lowest BCUT2D eigenvalue weighted by Crippen LogP contribution is -2.40. The number of hydrogen-bond donors (Lipinski definition) is 1. The molecule has 1 fully saturated rings. The van der Waals surface area contributed by atoms with E-state index < -0.39 is 0 Å². The topological polar surface area (TPSA) is 45.2 Å². The van der Waals surface area contributed by atoms with Crippen LogP contribution < -0.4 is 5.32 Å². The third-order valence-electron chi connectivity index (χ3n) is 5.42. The molecule has 28 heavy (non-hydrogen) atoms. The van der Waals surface area contributed by atoms with Crippen molar-refractivity contribution in [3.63, 3.8) is 0 Å². The molecule has 0 bridgehead atoms. The molecular formula is C23H32ClN3O. The molecule has 5 heteroatoms. The Morgan fingerprint density at radius 1 is 1.11 bits per heavy atom. The second kappa shape index (κ2) is 11.8. The lowest BCUT2D eigenvalue weighted by Gasteiger charge is -2.31. The van der Waals surface area contributed by atoms with Crippen molar-refractivity contribution in [2.75, 3.05) is 13.1 Å². The average Bonchev–Trinajstić information content (AvgIpc) is 3.01. The predicted molar refractivity (Wildman–Crippen MR) is 117 cm³/mol. The summed E-state index contributed by atoms with van der Waals surface area (Å²) in [7, 11) is 0. The van der Waals surface area contributed by atoms with Gasteiger partial charge in [-0.3, -0.25) is 9.78 Å². The summed E-state index contributed by atoms with van der Waals surface area (Å²) in [5, 5.41) is 3.45. The molecule has 0 aliphatic carbocycles. The highest BCUT2D eigenvalue weighted by Gasteiger charge is 2.24. The van der Waals surface area contributed by atoms with Gasteiger partial charge in [0.05, 0.1) is 12.2 Å². The highest BCUT2D eigenvalue weighted by molar-refractivity contribution is 5.85. The van der Waals surface area contributed by atoms with Gasteiger partial charge in [-0.1, -0.05) is 37.3 Å². The van der Waals surface area contributed by atoms with Crippen LogP contribution in [-0.2, 0) is 24.2 Å². The molecule has 0 saturated carbocycles. The van der Waals surface area contributed by atoms with Gasteiger partial charge in [0, 0.05) is 18.7 Å². The molecule has 1 unspecified atom stereocenters. The third kappa shape index (κ3) is 6.61. The van der Waals surface area contributed by atoms with Gasteiger partial charge in [-0.05, 0) is 68.5 Å². The van der Waals surface area contributed by atoms with Crippen LogP contribution in [0, 0.1) is 0 Å². The highest BCUT2D eigenvalue weighted by atomic mass is 35.5. The SMILES string of the molecule is CCc1ccc(CCC(=O)N(Cc2ccccn2)C2CCCNCC2)cc1.Cl. The van der Waals surface area contributed by atoms with E-state index in [2.05, 4.69) is 46.4 Å². The van der Waals surface area contributed by atoms with Crippen molar-refractivity contribution < 1.29 is 4.79 Å². The zero-order valence-corrected chi connectivity index (χ0v) is 17.6. The number of amides is 1. The molecule has 1 atom stereocenters. The number of carbonyl (C=O) groups excluding carboxylic acids is 1. The Hall–Kier alpha value is -1.91. The number of aryl methyl sites for hydroxylation is 2. The quantitative estimate of drug-likeness (QED) is 0.757. The summed E-state index contributed by atoms with van der Waals surface area (Å²) in [6.45, 7) is 4.80. The number of nitrogens with zero attached hydrogens (tertiary/aromatic N) is 2. The summed E-state index contributed by atoms with van der Waals surface area (Å²) in [6, 6.07) is 14.9. The number of rotatable bonds is 7. The Kier molecular flexibility index (Phi) is 9.45. The first kappa shape index (κ1) is 22.4. The van der Waals surface area contributed by atoms with Gasteiger partial charge < -0.3 is 10.2 Å². The zero-order valence-electron chi connectivity index (χ0n) is 16.8. The van der Waals surface area contributed by atoms with Crippen LogP contribution >= 0.6 is 12.4 Å². The second-order valence-corrected chi connectivity index (χ2v) is 7.35. The van der Waals surface area contributed by atoms with Gasteiger partial charge in [0.1, 0.15) is 0 Å². The highest BCUT2D eigenvalue weighted by Crippen LogP contribution is 2.18. The number of halogens is 1. The Balaban J connectivity index is 0.00000280. The lowest BCUT2D eigenvalue weighted by atomic mass is 10.0. The summed E-state index contributed by atoms with van der Waals surface area (Å²) < 4.78 is 0. The predicted octanol–water partition coefficient (Wildman–Crippen LogP) is 4.17. The van der Waals surface area contributed by atoms with Crippen LogP contribution in [0.1, 0.15) is 49.4 Å². The third-order valence-corrected chi connectivity index (χ3v) is 5.42. The Bertz CT molecular complexity index is 698. The van der Waals surface area contributed by atoms with Crippen LogP contribution in [-0.4, -0.2) is 34.9 Å². The van der Waals surface area contributed by atoms with E-state index in [1.807, 2.05) is 24.4 Å². The summed E-state index contributed by atoms with van der Waals surface area (Å²) in [5.74, 6) is 0.243. The van der Waals surface area contributed by atoms with Gasteiger partial charge >= 0.3 is 0 Å². The molecule has 0 radical (unpaired) electrons. The van der Waals surface area contributed by atoms with Crippen LogP contribution in [0.5, 0.6) is 0 Å². The Morgan fingerprint density at radius 2 is 1.89 bits per heavy atom. The van der Waals surface area contributed by atoms with E-state index in [-0.39, 0.29) is 18.3 Å². The van der Waals surface area contributed by atoms with Crippen LogP contribution in [0.2, 0.25) is 0 Å². The molecule has 3 rings (SSSR count). The van der Waals surface area contributed by atoms with Gasteiger partial charge in [0.25, 0.3) is 0 Å². The molecule has 1 aliphatic heterocycles. The first-order valence-electron chi connectivity index (χ1n) is 10.2. The van der Waals surface area contributed by atoms with Gasteiger partial charge in [0.2, 0.25) is 5.91 Å². The fourth-order valence-corrected chi connectivity index (χ4v) is 3.74. The number of nitrogens with one attached hydrogen (secondary N) is 1. The molecule has 1 aromatic carbocycles. The first-order valence-corrected chi connectivity index (χ1v) is 10.2. The molecule has 152 valence electrons. The molecule has 1 N–H and O–H groups in total. The summed E-state index contributed by atoms with van der Waals surface area (Å²) in [6.07, 6.45) is 7.42. The van der Waals surface area contributed by atoms with Gasteiger partial charge in [0.15, 0.2) is 0 Å². The molecular weight excluding hydrogens is 370 g/mol. The van der Waals surface area contributed by atoms with Crippen molar-refractivity contribution in [2.24, 2.45) is 0 Å².